The van der Waals surface area contributed by atoms with Crippen LogP contribution in [0.2, 0.25) is 0 Å². The van der Waals surface area contributed by atoms with Gasteiger partial charge in [0, 0.05) is 34.7 Å². The summed E-state index contributed by atoms with van der Waals surface area (Å²) < 4.78 is 13.6. The van der Waals surface area contributed by atoms with Crippen molar-refractivity contribution in [2.75, 3.05) is 13.1 Å². The zero-order valence-electron chi connectivity index (χ0n) is 19.1. The van der Waals surface area contributed by atoms with Gasteiger partial charge in [0.2, 0.25) is 5.91 Å². The van der Waals surface area contributed by atoms with Crippen molar-refractivity contribution in [3.63, 3.8) is 0 Å². The molecule has 7 nitrogen and oxygen atoms in total. The number of nitro benzene ring substituents is 1. The smallest absolute Gasteiger partial charge is 0.273 e. The fourth-order valence-electron chi connectivity index (χ4n) is 4.68. The van der Waals surface area contributed by atoms with Crippen molar-refractivity contribution in [1.29, 1.82) is 0 Å². The van der Waals surface area contributed by atoms with Crippen LogP contribution < -0.4 is 0 Å². The number of carbonyl (C=O) groups is 2. The second-order valence-electron chi connectivity index (χ2n) is 9.01. The molecule has 2 aromatic carbocycles. The van der Waals surface area contributed by atoms with Crippen LogP contribution >= 0.6 is 11.3 Å². The van der Waals surface area contributed by atoms with Crippen LogP contribution in [0.3, 0.4) is 0 Å². The Morgan fingerprint density at radius 3 is 2.60 bits per heavy atom. The highest BCUT2D eigenvalue weighted by Gasteiger charge is 2.38. The van der Waals surface area contributed by atoms with E-state index in [1.165, 1.54) is 23.1 Å². The van der Waals surface area contributed by atoms with Gasteiger partial charge in [0.05, 0.1) is 11.0 Å². The molecule has 1 fully saturated rings. The van der Waals surface area contributed by atoms with E-state index >= 15 is 0 Å². The zero-order valence-corrected chi connectivity index (χ0v) is 20.0. The molecule has 0 spiro atoms. The molecule has 0 radical (unpaired) electrons. The summed E-state index contributed by atoms with van der Waals surface area (Å²) in [6.45, 7) is 2.01. The normalized spacial score (nSPS) is 17.1. The highest BCUT2D eigenvalue weighted by atomic mass is 32.1. The first-order valence-electron chi connectivity index (χ1n) is 11.5. The minimum atomic E-state index is -0.502. The molecule has 2 amide bonds. The van der Waals surface area contributed by atoms with Gasteiger partial charge in [0.15, 0.2) is 0 Å². The number of thiophene rings is 1. The predicted molar refractivity (Wildman–Crippen MR) is 130 cm³/mol. The van der Waals surface area contributed by atoms with Crippen LogP contribution in [0.15, 0.2) is 53.9 Å². The topological polar surface area (TPSA) is 83.8 Å². The first-order chi connectivity index (χ1) is 16.8. The van der Waals surface area contributed by atoms with Crippen molar-refractivity contribution in [2.24, 2.45) is 0 Å². The van der Waals surface area contributed by atoms with Crippen molar-refractivity contribution in [3.05, 3.63) is 97.0 Å². The van der Waals surface area contributed by atoms with Gasteiger partial charge in [-0.15, -0.1) is 11.3 Å². The van der Waals surface area contributed by atoms with E-state index < -0.39 is 4.92 Å². The van der Waals surface area contributed by atoms with E-state index in [2.05, 4.69) is 0 Å². The molecule has 0 saturated heterocycles. The SMILES string of the molecule is Cc1ccc(C(=O)N(CC(=O)N2CCc3sccc3C2c2ccc(F)cc2)C2CC2)cc1[N+](=O)[O-]. The standard InChI is InChI=1S/C26H24FN3O4S/c1-16-2-3-18(14-22(16)30(33)34)26(32)29(20-8-9-20)15-24(31)28-12-10-23-21(11-13-35-23)25(28)17-4-6-19(27)7-5-17/h2-7,11,13-14,20,25H,8-10,12,15H2,1H3. The molecule has 1 aromatic heterocycles. The number of aryl methyl sites for hydroxylation is 1. The average Bonchev–Trinajstić information content (AvgIpc) is 3.57. The maximum Gasteiger partial charge on any atom is 0.273 e. The molecular weight excluding hydrogens is 469 g/mol. The predicted octanol–water partition coefficient (Wildman–Crippen LogP) is 4.88. The van der Waals surface area contributed by atoms with Crippen molar-refractivity contribution in [3.8, 4) is 0 Å². The molecule has 0 N–H and O–H groups in total. The second kappa shape index (κ2) is 9.22. The Hall–Kier alpha value is -3.59. The van der Waals surface area contributed by atoms with Gasteiger partial charge >= 0.3 is 0 Å². The minimum absolute atomic E-state index is 0.0578. The van der Waals surface area contributed by atoms with E-state index in [1.54, 1.807) is 52.3 Å². The van der Waals surface area contributed by atoms with Crippen molar-refractivity contribution in [1.82, 2.24) is 9.80 Å². The molecular formula is C26H24FN3O4S. The van der Waals surface area contributed by atoms with Crippen LogP contribution in [0.1, 0.15) is 50.8 Å². The van der Waals surface area contributed by atoms with Gasteiger partial charge in [-0.05, 0) is 67.0 Å². The molecule has 1 aliphatic heterocycles. The third-order valence-electron chi connectivity index (χ3n) is 6.68. The summed E-state index contributed by atoms with van der Waals surface area (Å²) in [5, 5.41) is 13.4. The van der Waals surface area contributed by atoms with E-state index in [0.29, 0.717) is 12.1 Å². The number of hydrogen-bond donors (Lipinski definition) is 0. The van der Waals surface area contributed by atoms with E-state index in [1.807, 2.05) is 11.4 Å². The maximum absolute atomic E-state index is 13.6. The summed E-state index contributed by atoms with van der Waals surface area (Å²) >= 11 is 1.64. The number of fused-ring (bicyclic) bond motifs is 1. The van der Waals surface area contributed by atoms with Crippen molar-refractivity contribution < 1.29 is 18.9 Å². The number of amides is 2. The lowest BCUT2D eigenvalue weighted by Crippen LogP contribution is -2.47. The average molecular weight is 494 g/mol. The van der Waals surface area contributed by atoms with Gasteiger partial charge in [-0.2, -0.15) is 0 Å². The van der Waals surface area contributed by atoms with Gasteiger partial charge < -0.3 is 9.80 Å². The molecule has 2 aliphatic rings. The Morgan fingerprint density at radius 1 is 1.17 bits per heavy atom. The molecule has 0 bridgehead atoms. The summed E-state index contributed by atoms with van der Waals surface area (Å²) in [4.78, 5) is 42.4. The Balaban J connectivity index is 1.42. The quantitative estimate of drug-likeness (QED) is 0.362. The molecule has 2 heterocycles. The third-order valence-corrected chi connectivity index (χ3v) is 7.68. The van der Waals surface area contributed by atoms with Crippen LogP contribution in [0.5, 0.6) is 0 Å². The lowest BCUT2D eigenvalue weighted by atomic mass is 9.93. The van der Waals surface area contributed by atoms with E-state index in [0.717, 1.165) is 30.4 Å². The molecule has 1 atom stereocenters. The highest BCUT2D eigenvalue weighted by molar-refractivity contribution is 7.10. The molecule has 9 heteroatoms. The van der Waals surface area contributed by atoms with Gasteiger partial charge in [-0.1, -0.05) is 18.2 Å². The Kier molecular flexibility index (Phi) is 6.10. The largest absolute Gasteiger partial charge is 0.330 e. The highest BCUT2D eigenvalue weighted by Crippen LogP contribution is 2.38. The number of hydrogen-bond acceptors (Lipinski definition) is 5. The summed E-state index contributed by atoms with van der Waals surface area (Å²) in [5.74, 6) is -0.917. The van der Waals surface area contributed by atoms with E-state index in [9.17, 15) is 24.1 Å². The Labute approximate surface area is 205 Å². The second-order valence-corrected chi connectivity index (χ2v) is 10.0. The first-order valence-corrected chi connectivity index (χ1v) is 12.4. The monoisotopic (exact) mass is 493 g/mol. The molecule has 1 saturated carbocycles. The molecule has 3 aromatic rings. The molecule has 1 aliphatic carbocycles. The number of rotatable bonds is 6. The number of halogens is 1. The number of benzene rings is 2. The molecule has 180 valence electrons. The van der Waals surface area contributed by atoms with E-state index in [4.69, 9.17) is 0 Å². The van der Waals surface area contributed by atoms with Crippen molar-refractivity contribution >= 4 is 28.8 Å². The van der Waals surface area contributed by atoms with Crippen LogP contribution in [0.25, 0.3) is 0 Å². The van der Waals surface area contributed by atoms with Gasteiger partial charge in [-0.25, -0.2) is 4.39 Å². The molecule has 35 heavy (non-hydrogen) atoms. The van der Waals surface area contributed by atoms with Crippen molar-refractivity contribution in [2.45, 2.75) is 38.3 Å². The third kappa shape index (κ3) is 4.55. The summed E-state index contributed by atoms with van der Waals surface area (Å²) in [5.41, 5.74) is 2.41. The van der Waals surface area contributed by atoms with Crippen LogP contribution in [0, 0.1) is 22.9 Å². The Bertz CT molecular complexity index is 1300. The number of nitrogens with zero attached hydrogens (tertiary/aromatic N) is 3. The number of carbonyl (C=O) groups excluding carboxylic acids is 2. The summed E-state index contributed by atoms with van der Waals surface area (Å²) in [6.07, 6.45) is 2.31. The lowest BCUT2D eigenvalue weighted by molar-refractivity contribution is -0.385. The van der Waals surface area contributed by atoms with Crippen LogP contribution in [-0.2, 0) is 11.2 Å². The fraction of sp³-hybridized carbons (Fsp3) is 0.308. The molecule has 1 unspecified atom stereocenters. The molecule has 5 rings (SSSR count). The van der Waals surface area contributed by atoms with Gasteiger partial charge in [-0.3, -0.25) is 19.7 Å². The van der Waals surface area contributed by atoms with Crippen LogP contribution in [0.4, 0.5) is 10.1 Å². The summed E-state index contributed by atoms with van der Waals surface area (Å²) in [7, 11) is 0. The zero-order chi connectivity index (χ0) is 24.7. The maximum atomic E-state index is 13.6. The van der Waals surface area contributed by atoms with Crippen LogP contribution in [-0.4, -0.2) is 45.7 Å². The fourth-order valence-corrected chi connectivity index (χ4v) is 5.59. The minimum Gasteiger partial charge on any atom is -0.330 e. The van der Waals surface area contributed by atoms with Gasteiger partial charge in [0.25, 0.3) is 11.6 Å². The summed E-state index contributed by atoms with van der Waals surface area (Å²) in [6, 6.07) is 12.2. The lowest BCUT2D eigenvalue weighted by Gasteiger charge is -2.37. The number of nitro groups is 1. The first kappa shape index (κ1) is 23.2. The Morgan fingerprint density at radius 2 is 1.91 bits per heavy atom. The van der Waals surface area contributed by atoms with E-state index in [-0.39, 0.29) is 47.5 Å². The van der Waals surface area contributed by atoms with Gasteiger partial charge in [0.1, 0.15) is 12.4 Å².